The van der Waals surface area contributed by atoms with Crippen molar-refractivity contribution in [3.05, 3.63) is 47.2 Å². The third-order valence-corrected chi connectivity index (χ3v) is 5.35. The van der Waals surface area contributed by atoms with Gasteiger partial charge in [-0.05, 0) is 50.8 Å². The van der Waals surface area contributed by atoms with Crippen molar-refractivity contribution in [2.45, 2.75) is 50.9 Å². The number of aromatic nitrogens is 2. The fourth-order valence-electron chi connectivity index (χ4n) is 3.58. The van der Waals surface area contributed by atoms with E-state index in [1.807, 2.05) is 6.92 Å². The van der Waals surface area contributed by atoms with Crippen LogP contribution in [0, 0.1) is 18.6 Å². The first-order valence-corrected chi connectivity index (χ1v) is 10.3. The van der Waals surface area contributed by atoms with Crippen molar-refractivity contribution in [3.63, 3.8) is 0 Å². The first-order chi connectivity index (χ1) is 16.0. The Kier molecular flexibility index (Phi) is 7.52. The Morgan fingerprint density at radius 3 is 2.38 bits per heavy atom. The zero-order chi connectivity index (χ0) is 25.0. The van der Waals surface area contributed by atoms with Crippen LogP contribution in [-0.4, -0.2) is 52.2 Å². The van der Waals surface area contributed by atoms with Gasteiger partial charge in [0.25, 0.3) is 5.91 Å². The van der Waals surface area contributed by atoms with Gasteiger partial charge in [-0.1, -0.05) is 0 Å². The summed E-state index contributed by atoms with van der Waals surface area (Å²) in [6, 6.07) is 1.04. The summed E-state index contributed by atoms with van der Waals surface area (Å²) < 4.78 is 65.2. The number of carbonyl (C=O) groups is 2. The molecule has 0 spiro atoms. The van der Waals surface area contributed by atoms with Crippen molar-refractivity contribution < 1.29 is 36.4 Å². The Labute approximate surface area is 191 Å². The molecule has 0 saturated heterocycles. The lowest BCUT2D eigenvalue weighted by Crippen LogP contribution is -2.47. The highest BCUT2D eigenvalue weighted by atomic mass is 19.4. The van der Waals surface area contributed by atoms with Crippen LogP contribution < -0.4 is 10.6 Å². The van der Waals surface area contributed by atoms with Crippen LogP contribution >= 0.6 is 0 Å². The van der Waals surface area contributed by atoms with Crippen LogP contribution in [0.25, 0.3) is 0 Å². The van der Waals surface area contributed by atoms with Crippen molar-refractivity contribution >= 4 is 23.6 Å². The van der Waals surface area contributed by atoms with Gasteiger partial charge in [0.1, 0.15) is 5.82 Å². The maximum atomic E-state index is 13.6. The van der Waals surface area contributed by atoms with E-state index in [0.29, 0.717) is 41.8 Å². The van der Waals surface area contributed by atoms with Crippen LogP contribution in [0.4, 0.5) is 33.7 Å². The summed E-state index contributed by atoms with van der Waals surface area (Å²) in [4.78, 5) is 37.2. The zero-order valence-corrected chi connectivity index (χ0v) is 18.2. The second-order valence-electron chi connectivity index (χ2n) is 7.76. The molecule has 8 nitrogen and oxygen atoms in total. The van der Waals surface area contributed by atoms with Crippen LogP contribution in [0.15, 0.2) is 24.4 Å². The minimum Gasteiger partial charge on any atom is -0.373 e. The fourth-order valence-corrected chi connectivity index (χ4v) is 3.58. The van der Waals surface area contributed by atoms with Crippen LogP contribution in [0.3, 0.4) is 0 Å². The van der Waals surface area contributed by atoms with E-state index in [4.69, 9.17) is 0 Å². The first kappa shape index (κ1) is 25.1. The predicted molar refractivity (Wildman–Crippen MR) is 111 cm³/mol. The number of hydrogen-bond donors (Lipinski definition) is 2. The van der Waals surface area contributed by atoms with Crippen LogP contribution in [0.1, 0.15) is 41.6 Å². The van der Waals surface area contributed by atoms with E-state index in [-0.39, 0.29) is 18.9 Å². The number of anilines is 2. The lowest BCUT2D eigenvalue weighted by Gasteiger charge is -2.35. The number of aryl methyl sites for hydroxylation is 1. The minimum atomic E-state index is -5.35. The van der Waals surface area contributed by atoms with E-state index in [9.17, 15) is 31.5 Å². The average Bonchev–Trinajstić information content (AvgIpc) is 2.80. The van der Waals surface area contributed by atoms with Gasteiger partial charge in [0.05, 0.1) is 6.04 Å². The Hall–Kier alpha value is -3.51. The molecule has 0 atom stereocenters. The molecule has 1 aliphatic rings. The first-order valence-electron chi connectivity index (χ1n) is 10.3. The molecule has 0 bridgehead atoms. The van der Waals surface area contributed by atoms with Gasteiger partial charge in [-0.2, -0.15) is 23.2 Å². The third kappa shape index (κ3) is 5.88. The van der Waals surface area contributed by atoms with Crippen molar-refractivity contribution in [2.24, 2.45) is 0 Å². The highest BCUT2D eigenvalue weighted by Crippen LogP contribution is 2.29. The molecular weight excluding hydrogens is 465 g/mol. The van der Waals surface area contributed by atoms with E-state index < -0.39 is 41.3 Å². The van der Waals surface area contributed by atoms with Crippen molar-refractivity contribution in [1.82, 2.24) is 15.0 Å². The van der Waals surface area contributed by atoms with Crippen LogP contribution in [0.5, 0.6) is 0 Å². The Bertz CT molecular complexity index is 1060. The smallest absolute Gasteiger partial charge is 0.373 e. The molecule has 0 unspecified atom stereocenters. The normalized spacial score (nSPS) is 18.2. The van der Waals surface area contributed by atoms with E-state index in [1.54, 1.807) is 13.2 Å². The molecule has 3 rings (SSSR count). The molecule has 1 heterocycles. The van der Waals surface area contributed by atoms with E-state index >= 15 is 0 Å². The summed E-state index contributed by atoms with van der Waals surface area (Å²) in [6.07, 6.45) is -2.60. The van der Waals surface area contributed by atoms with E-state index in [1.165, 1.54) is 0 Å². The van der Waals surface area contributed by atoms with Crippen molar-refractivity contribution in [1.29, 1.82) is 0 Å². The fraction of sp³-hybridized carbons (Fsp3) is 0.429. The number of nitrogens with one attached hydrogen (secondary N) is 2. The highest BCUT2D eigenvalue weighted by molar-refractivity contribution is 5.94. The van der Waals surface area contributed by atoms with Gasteiger partial charge >= 0.3 is 12.1 Å². The van der Waals surface area contributed by atoms with Gasteiger partial charge in [-0.3, -0.25) is 4.79 Å². The predicted octanol–water partition coefficient (Wildman–Crippen LogP) is 3.99. The average molecular weight is 487 g/mol. The molecule has 1 aromatic heterocycles. The summed E-state index contributed by atoms with van der Waals surface area (Å²) in [5, 5.41) is 6.38. The molecule has 13 heteroatoms. The number of nitrogens with zero attached hydrogens (tertiary/aromatic N) is 3. The Morgan fingerprint density at radius 1 is 1.12 bits per heavy atom. The van der Waals surface area contributed by atoms with Gasteiger partial charge in [0.15, 0.2) is 11.6 Å². The summed E-state index contributed by atoms with van der Waals surface area (Å²) >= 11 is 0. The molecule has 1 saturated carbocycles. The van der Waals surface area contributed by atoms with E-state index in [2.05, 4.69) is 25.4 Å². The molecule has 1 amide bonds. The summed E-state index contributed by atoms with van der Waals surface area (Å²) in [7, 11) is 1.71. The molecule has 0 aliphatic heterocycles. The summed E-state index contributed by atoms with van der Waals surface area (Å²) in [5.74, 6) is -5.38. The van der Waals surface area contributed by atoms with Crippen molar-refractivity contribution in [3.8, 4) is 0 Å². The van der Waals surface area contributed by atoms with Crippen LogP contribution in [-0.2, 0) is 9.63 Å². The van der Waals surface area contributed by atoms with E-state index in [0.717, 1.165) is 11.6 Å². The summed E-state index contributed by atoms with van der Waals surface area (Å²) in [6.45, 7) is 1.83. The largest absolute Gasteiger partial charge is 0.493 e. The molecule has 2 aromatic rings. The monoisotopic (exact) mass is 487 g/mol. The lowest BCUT2D eigenvalue weighted by molar-refractivity contribution is -0.235. The number of hydroxylamine groups is 2. The molecule has 34 heavy (non-hydrogen) atoms. The number of hydrogen-bond acceptors (Lipinski definition) is 7. The maximum Gasteiger partial charge on any atom is 0.493 e. The quantitative estimate of drug-likeness (QED) is 0.486. The highest BCUT2D eigenvalue weighted by Gasteiger charge is 2.45. The number of rotatable bonds is 5. The topological polar surface area (TPSA) is 96.5 Å². The lowest BCUT2D eigenvalue weighted by atomic mass is 9.90. The Balaban J connectivity index is 1.73. The Morgan fingerprint density at radius 2 is 1.79 bits per heavy atom. The van der Waals surface area contributed by atoms with Crippen molar-refractivity contribution in [2.75, 3.05) is 17.7 Å². The molecule has 1 aromatic carbocycles. The molecule has 184 valence electrons. The number of carbonyl (C=O) groups excluding carboxylic acids is 2. The summed E-state index contributed by atoms with van der Waals surface area (Å²) in [5.41, 5.74) is 0.386. The molecule has 0 radical (unpaired) electrons. The number of amides is 1. The molecule has 2 N–H and O–H groups in total. The number of benzene rings is 1. The molecular formula is C21H22F5N5O3. The van der Waals surface area contributed by atoms with Gasteiger partial charge in [0, 0.05) is 30.4 Å². The molecule has 1 fully saturated rings. The SMILES string of the molecule is CNc1nc(NC2CCC(N(OC(=O)C(F)(F)F)C(=O)c3ccc(F)c(F)c3)CC2)ncc1C. The van der Waals surface area contributed by atoms with Gasteiger partial charge in [0.2, 0.25) is 5.95 Å². The maximum absolute atomic E-state index is 13.6. The minimum absolute atomic E-state index is 0.151. The van der Waals surface area contributed by atoms with Gasteiger partial charge in [-0.15, -0.1) is 0 Å². The number of halogens is 5. The zero-order valence-electron chi connectivity index (χ0n) is 18.2. The third-order valence-electron chi connectivity index (χ3n) is 5.35. The second-order valence-corrected chi connectivity index (χ2v) is 7.76. The second kappa shape index (κ2) is 10.2. The molecule has 1 aliphatic carbocycles. The van der Waals surface area contributed by atoms with Gasteiger partial charge in [-0.25, -0.2) is 18.6 Å². The number of alkyl halides is 3. The standard InChI is InChI=1S/C21H22F5N5O3/c1-11-10-28-20(30-17(11)27-2)29-13-4-6-14(7-5-13)31(34-19(33)21(24,25)26)18(32)12-3-8-15(22)16(23)9-12/h3,8-10,13-14H,4-7H2,1-2H3,(H2,27,28,29,30). The van der Waals surface area contributed by atoms with Gasteiger partial charge < -0.3 is 15.5 Å². The van der Waals surface area contributed by atoms with Crippen LogP contribution in [0.2, 0.25) is 0 Å².